The highest BCUT2D eigenvalue weighted by atomic mass is 79.9. The summed E-state index contributed by atoms with van der Waals surface area (Å²) in [6, 6.07) is 6.29. The van der Waals surface area contributed by atoms with Crippen molar-refractivity contribution in [2.24, 2.45) is 0 Å². The van der Waals surface area contributed by atoms with Gasteiger partial charge in [0.2, 0.25) is 5.88 Å². The Morgan fingerprint density at radius 1 is 1.39 bits per heavy atom. The number of aromatic nitrogens is 2. The van der Waals surface area contributed by atoms with Crippen molar-refractivity contribution < 1.29 is 9.66 Å². The van der Waals surface area contributed by atoms with E-state index in [0.717, 1.165) is 11.3 Å². The van der Waals surface area contributed by atoms with Crippen molar-refractivity contribution in [2.45, 2.75) is 6.92 Å². The lowest BCUT2D eigenvalue weighted by atomic mass is 10.3. The largest absolute Gasteiger partial charge is 0.478 e. The molecule has 0 fully saturated rings. The number of rotatable bonds is 4. The van der Waals surface area contributed by atoms with Gasteiger partial charge < -0.3 is 4.74 Å². The van der Waals surface area contributed by atoms with Crippen molar-refractivity contribution in [1.82, 2.24) is 9.55 Å². The summed E-state index contributed by atoms with van der Waals surface area (Å²) in [6.07, 6.45) is 1.51. The van der Waals surface area contributed by atoms with E-state index in [1.807, 2.05) is 6.92 Å². The molecule has 0 aliphatic heterocycles. The first-order valence-corrected chi connectivity index (χ1v) is 8.21. The highest BCUT2D eigenvalue weighted by Crippen LogP contribution is 2.41. The molecular weight excluding hydrogens is 386 g/mol. The zero-order valence-corrected chi connectivity index (χ0v) is 14.3. The van der Waals surface area contributed by atoms with Gasteiger partial charge in [-0.3, -0.25) is 19.5 Å². The number of thiophene rings is 1. The molecular formula is C14H10BrN3O4S. The SMILES string of the molecule is CCOc1ccc(-n2c(=O)ccc3c(Br)c([N+](=O)[O-])sc32)cn1. The topological polar surface area (TPSA) is 87.3 Å². The van der Waals surface area contributed by atoms with E-state index >= 15 is 0 Å². The number of nitro groups is 1. The third-order valence-corrected chi connectivity index (χ3v) is 5.31. The summed E-state index contributed by atoms with van der Waals surface area (Å²) in [6.45, 7) is 2.34. The first-order chi connectivity index (χ1) is 11.0. The quantitative estimate of drug-likeness (QED) is 0.498. The molecule has 23 heavy (non-hydrogen) atoms. The van der Waals surface area contributed by atoms with Gasteiger partial charge in [0.1, 0.15) is 9.30 Å². The Labute approximate surface area is 142 Å². The number of halogens is 1. The van der Waals surface area contributed by atoms with Crippen molar-refractivity contribution in [2.75, 3.05) is 6.61 Å². The van der Waals surface area contributed by atoms with Crippen LogP contribution in [0, 0.1) is 10.1 Å². The second-order valence-electron chi connectivity index (χ2n) is 4.49. The number of nitrogens with zero attached hydrogens (tertiary/aromatic N) is 3. The molecule has 0 radical (unpaired) electrons. The highest BCUT2D eigenvalue weighted by molar-refractivity contribution is 9.10. The Kier molecular flexibility index (Phi) is 4.14. The fourth-order valence-corrected chi connectivity index (χ4v) is 4.00. The number of pyridine rings is 2. The number of hydrogen-bond donors (Lipinski definition) is 0. The Balaban J connectivity index is 2.23. The van der Waals surface area contributed by atoms with Crippen LogP contribution in [-0.4, -0.2) is 21.1 Å². The maximum atomic E-state index is 12.3. The van der Waals surface area contributed by atoms with Gasteiger partial charge in [-0.2, -0.15) is 0 Å². The molecule has 3 heterocycles. The van der Waals surface area contributed by atoms with E-state index in [1.54, 1.807) is 18.2 Å². The molecule has 9 heteroatoms. The van der Waals surface area contributed by atoms with Crippen LogP contribution in [0.15, 0.2) is 39.7 Å². The van der Waals surface area contributed by atoms with Crippen LogP contribution in [-0.2, 0) is 0 Å². The summed E-state index contributed by atoms with van der Waals surface area (Å²) in [5.74, 6) is 0.454. The Bertz CT molecular complexity index is 949. The minimum absolute atomic E-state index is 0.0433. The van der Waals surface area contributed by atoms with E-state index in [9.17, 15) is 14.9 Å². The maximum Gasteiger partial charge on any atom is 0.340 e. The Morgan fingerprint density at radius 3 is 2.78 bits per heavy atom. The standard InChI is InChI=1S/C14H10BrN3O4S/c1-2-22-10-5-3-8(7-16-10)17-11(19)6-4-9-12(15)14(18(20)21)23-13(9)17/h3-7H,2H2,1H3. The molecule has 0 aromatic carbocycles. The van der Waals surface area contributed by atoms with Crippen LogP contribution in [0.3, 0.4) is 0 Å². The molecule has 0 aliphatic carbocycles. The molecule has 0 saturated heterocycles. The number of fused-ring (bicyclic) bond motifs is 1. The molecule has 3 rings (SSSR count). The molecule has 3 aromatic rings. The van der Waals surface area contributed by atoms with Crippen molar-refractivity contribution in [3.63, 3.8) is 0 Å². The fourth-order valence-electron chi connectivity index (χ4n) is 2.14. The lowest BCUT2D eigenvalue weighted by Crippen LogP contribution is -2.16. The van der Waals surface area contributed by atoms with Crippen molar-refractivity contribution in [3.05, 3.63) is 55.4 Å². The Hall–Kier alpha value is -2.26. The molecule has 118 valence electrons. The predicted molar refractivity (Wildman–Crippen MR) is 90.7 cm³/mol. The van der Waals surface area contributed by atoms with Gasteiger partial charge in [-0.15, -0.1) is 0 Å². The summed E-state index contributed by atoms with van der Waals surface area (Å²) in [5, 5.41) is 11.7. The van der Waals surface area contributed by atoms with Gasteiger partial charge in [0, 0.05) is 17.5 Å². The zero-order chi connectivity index (χ0) is 16.6. The van der Waals surface area contributed by atoms with Gasteiger partial charge in [-0.05, 0) is 46.3 Å². The predicted octanol–water partition coefficient (Wildman–Crippen LogP) is 3.52. The normalized spacial score (nSPS) is 10.9. The summed E-state index contributed by atoms with van der Waals surface area (Å²) in [4.78, 5) is 27.5. The van der Waals surface area contributed by atoms with E-state index in [2.05, 4.69) is 20.9 Å². The van der Waals surface area contributed by atoms with E-state index in [1.165, 1.54) is 16.8 Å². The molecule has 0 bridgehead atoms. The van der Waals surface area contributed by atoms with Crippen molar-refractivity contribution in [3.8, 4) is 11.6 Å². The van der Waals surface area contributed by atoms with E-state index in [-0.39, 0.29) is 10.6 Å². The molecule has 0 spiro atoms. The monoisotopic (exact) mass is 395 g/mol. The van der Waals surface area contributed by atoms with Crippen LogP contribution in [0.2, 0.25) is 0 Å². The van der Waals surface area contributed by atoms with E-state index in [0.29, 0.717) is 32.9 Å². The second kappa shape index (κ2) is 6.09. The lowest BCUT2D eigenvalue weighted by Gasteiger charge is -2.07. The minimum atomic E-state index is -0.472. The van der Waals surface area contributed by atoms with E-state index in [4.69, 9.17) is 4.74 Å². The van der Waals surface area contributed by atoms with Crippen LogP contribution in [0.4, 0.5) is 5.00 Å². The minimum Gasteiger partial charge on any atom is -0.478 e. The third-order valence-electron chi connectivity index (χ3n) is 3.10. The van der Waals surface area contributed by atoms with Gasteiger partial charge in [-0.25, -0.2) is 4.98 Å². The van der Waals surface area contributed by atoms with Crippen molar-refractivity contribution in [1.29, 1.82) is 0 Å². The average Bonchev–Trinajstić information content (AvgIpc) is 2.86. The smallest absolute Gasteiger partial charge is 0.340 e. The molecule has 0 N–H and O–H groups in total. The molecule has 0 saturated carbocycles. The molecule has 0 amide bonds. The number of hydrogen-bond acceptors (Lipinski definition) is 6. The second-order valence-corrected chi connectivity index (χ2v) is 6.26. The van der Waals surface area contributed by atoms with Crippen LogP contribution in [0.1, 0.15) is 6.92 Å². The summed E-state index contributed by atoms with van der Waals surface area (Å²) < 4.78 is 7.05. The van der Waals surface area contributed by atoms with Gasteiger partial charge in [0.05, 0.1) is 23.4 Å². The van der Waals surface area contributed by atoms with Crippen LogP contribution >= 0.6 is 27.3 Å². The van der Waals surface area contributed by atoms with Gasteiger partial charge in [0.15, 0.2) is 0 Å². The Morgan fingerprint density at radius 2 is 2.17 bits per heavy atom. The maximum absolute atomic E-state index is 12.3. The molecule has 0 aliphatic rings. The van der Waals surface area contributed by atoms with Gasteiger partial charge >= 0.3 is 5.00 Å². The fraction of sp³-hybridized carbons (Fsp3) is 0.143. The summed E-state index contributed by atoms with van der Waals surface area (Å²) in [5.41, 5.74) is 0.236. The number of ether oxygens (including phenoxy) is 1. The molecule has 3 aromatic heterocycles. The summed E-state index contributed by atoms with van der Waals surface area (Å²) in [7, 11) is 0. The van der Waals surface area contributed by atoms with Crippen LogP contribution < -0.4 is 10.3 Å². The van der Waals surface area contributed by atoms with Crippen LogP contribution in [0.25, 0.3) is 15.9 Å². The lowest BCUT2D eigenvalue weighted by molar-refractivity contribution is -0.380. The van der Waals surface area contributed by atoms with E-state index < -0.39 is 4.92 Å². The van der Waals surface area contributed by atoms with Crippen LogP contribution in [0.5, 0.6) is 5.88 Å². The molecule has 0 atom stereocenters. The van der Waals surface area contributed by atoms with Gasteiger partial charge in [0.25, 0.3) is 5.56 Å². The summed E-state index contributed by atoms with van der Waals surface area (Å²) >= 11 is 4.17. The van der Waals surface area contributed by atoms with Crippen molar-refractivity contribution >= 4 is 42.5 Å². The first kappa shape index (κ1) is 15.6. The molecule has 7 nitrogen and oxygen atoms in total. The third kappa shape index (κ3) is 2.73. The average molecular weight is 396 g/mol. The molecule has 0 unspecified atom stereocenters. The zero-order valence-electron chi connectivity index (χ0n) is 11.9. The first-order valence-electron chi connectivity index (χ1n) is 6.60. The van der Waals surface area contributed by atoms with Gasteiger partial charge in [-0.1, -0.05) is 0 Å². The highest BCUT2D eigenvalue weighted by Gasteiger charge is 2.22.